The lowest BCUT2D eigenvalue weighted by Gasteiger charge is -2.09. The van der Waals surface area contributed by atoms with Crippen LogP contribution in [0.5, 0.6) is 5.88 Å². The lowest BCUT2D eigenvalue weighted by molar-refractivity contribution is 0.310. The van der Waals surface area contributed by atoms with E-state index in [0.29, 0.717) is 29.3 Å². The molecule has 0 unspecified atom stereocenters. The second-order valence-electron chi connectivity index (χ2n) is 5.34. The van der Waals surface area contributed by atoms with Crippen molar-refractivity contribution in [3.8, 4) is 17.4 Å². The maximum absolute atomic E-state index is 14.4. The zero-order valence-corrected chi connectivity index (χ0v) is 13.2. The number of hydrogen-bond donors (Lipinski definition) is 1. The summed E-state index contributed by atoms with van der Waals surface area (Å²) in [6, 6.07) is 8.26. The van der Waals surface area contributed by atoms with Crippen molar-refractivity contribution in [1.29, 1.82) is 0 Å². The maximum Gasteiger partial charge on any atom is 0.212 e. The molecule has 0 fully saturated rings. The average Bonchev–Trinajstić information content (AvgIpc) is 3.20. The largest absolute Gasteiger partial charge is 0.481 e. The Kier molecular flexibility index (Phi) is 3.53. The molecule has 0 atom stereocenters. The molecule has 0 aliphatic heterocycles. The minimum absolute atomic E-state index is 0.0878. The first-order valence-corrected chi connectivity index (χ1v) is 7.39. The van der Waals surface area contributed by atoms with Crippen molar-refractivity contribution in [3.05, 3.63) is 47.9 Å². The number of hydrogen-bond acceptors (Lipinski definition) is 7. The molecule has 0 aliphatic carbocycles. The first-order chi connectivity index (χ1) is 12.2. The summed E-state index contributed by atoms with van der Waals surface area (Å²) >= 11 is 0. The summed E-state index contributed by atoms with van der Waals surface area (Å²) in [7, 11) is 1.54. The maximum atomic E-state index is 14.4. The van der Waals surface area contributed by atoms with Crippen LogP contribution in [0.2, 0.25) is 0 Å². The van der Waals surface area contributed by atoms with Crippen LogP contribution in [0.1, 0.15) is 5.56 Å². The number of methoxy groups -OCH3 is 1. The number of anilines is 1. The summed E-state index contributed by atoms with van der Waals surface area (Å²) in [5, 5.41) is 7.36. The second-order valence-corrected chi connectivity index (χ2v) is 5.34. The van der Waals surface area contributed by atoms with Gasteiger partial charge in [0.05, 0.1) is 19.2 Å². The van der Waals surface area contributed by atoms with E-state index < -0.39 is 5.82 Å². The first-order valence-electron chi connectivity index (χ1n) is 7.39. The highest BCUT2D eigenvalue weighted by Crippen LogP contribution is 2.29. The molecule has 2 N–H and O–H groups in total. The Hall–Kier alpha value is -3.49. The van der Waals surface area contributed by atoms with E-state index in [1.807, 2.05) is 6.07 Å². The molecule has 4 rings (SSSR count). The van der Waals surface area contributed by atoms with Crippen molar-refractivity contribution in [1.82, 2.24) is 24.8 Å². The number of nitrogens with zero attached hydrogens (tertiary/aromatic N) is 5. The van der Waals surface area contributed by atoms with Crippen LogP contribution in [0.15, 0.2) is 41.2 Å². The number of imidazole rings is 1. The van der Waals surface area contributed by atoms with E-state index in [4.69, 9.17) is 10.5 Å². The Labute approximate surface area is 141 Å². The van der Waals surface area contributed by atoms with Crippen LogP contribution >= 0.6 is 0 Å². The molecule has 126 valence electrons. The van der Waals surface area contributed by atoms with Crippen LogP contribution in [0, 0.1) is 5.82 Å². The number of benzene rings is 1. The fourth-order valence-corrected chi connectivity index (χ4v) is 2.63. The number of aromatic nitrogens is 5. The molecule has 3 aromatic heterocycles. The van der Waals surface area contributed by atoms with Crippen molar-refractivity contribution in [2.24, 2.45) is 0 Å². The Balaban J connectivity index is 1.89. The minimum Gasteiger partial charge on any atom is -0.481 e. The van der Waals surface area contributed by atoms with Gasteiger partial charge >= 0.3 is 0 Å². The second kappa shape index (κ2) is 5.86. The molecule has 0 amide bonds. The standard InChI is InChI=1S/C16H13FN6O2/c1-24-12-6-5-9(7-19-12)8-23-14-10(17)3-2-4-11(14)20-16(23)13-15(18)22-25-21-13/h2-7H,8H2,1H3,(H2,18,22). The predicted octanol–water partition coefficient (Wildman–Crippen LogP) is 2.26. The monoisotopic (exact) mass is 340 g/mol. The van der Waals surface area contributed by atoms with E-state index in [9.17, 15) is 4.39 Å². The number of ether oxygens (including phenoxy) is 1. The van der Waals surface area contributed by atoms with Crippen molar-refractivity contribution < 1.29 is 13.8 Å². The van der Waals surface area contributed by atoms with Gasteiger partial charge in [-0.1, -0.05) is 12.1 Å². The number of rotatable bonds is 4. The van der Waals surface area contributed by atoms with Crippen LogP contribution < -0.4 is 10.5 Å². The summed E-state index contributed by atoms with van der Waals surface area (Å²) in [5.74, 6) is 0.558. The van der Waals surface area contributed by atoms with Crippen molar-refractivity contribution in [2.45, 2.75) is 6.54 Å². The molecule has 0 saturated carbocycles. The Bertz CT molecular complexity index is 1040. The quantitative estimate of drug-likeness (QED) is 0.607. The lowest BCUT2D eigenvalue weighted by Crippen LogP contribution is -2.05. The van der Waals surface area contributed by atoms with E-state index in [-0.39, 0.29) is 11.5 Å². The smallest absolute Gasteiger partial charge is 0.212 e. The first kappa shape index (κ1) is 15.1. The SMILES string of the molecule is COc1ccc(Cn2c(-c3nonc3N)nc3cccc(F)c32)cn1. The van der Waals surface area contributed by atoms with Crippen molar-refractivity contribution in [2.75, 3.05) is 12.8 Å². The average molecular weight is 340 g/mol. The fraction of sp³-hybridized carbons (Fsp3) is 0.125. The van der Waals surface area contributed by atoms with Gasteiger partial charge < -0.3 is 15.0 Å². The van der Waals surface area contributed by atoms with Gasteiger partial charge in [0, 0.05) is 12.3 Å². The molecular weight excluding hydrogens is 327 g/mol. The van der Waals surface area contributed by atoms with Gasteiger partial charge in [0.2, 0.25) is 5.88 Å². The highest BCUT2D eigenvalue weighted by atomic mass is 19.1. The number of nitrogens with two attached hydrogens (primary N) is 1. The van der Waals surface area contributed by atoms with Crippen LogP contribution in [0.25, 0.3) is 22.6 Å². The van der Waals surface area contributed by atoms with E-state index in [1.54, 1.807) is 36.1 Å². The van der Waals surface area contributed by atoms with Crippen LogP contribution in [0.4, 0.5) is 10.2 Å². The van der Waals surface area contributed by atoms with Gasteiger partial charge in [0.1, 0.15) is 11.3 Å². The van der Waals surface area contributed by atoms with Gasteiger partial charge in [-0.15, -0.1) is 0 Å². The van der Waals surface area contributed by atoms with E-state index in [1.165, 1.54) is 6.07 Å². The van der Waals surface area contributed by atoms with E-state index in [2.05, 4.69) is 24.9 Å². The van der Waals surface area contributed by atoms with E-state index in [0.717, 1.165) is 5.56 Å². The Morgan fingerprint density at radius 1 is 1.24 bits per heavy atom. The predicted molar refractivity (Wildman–Crippen MR) is 87.3 cm³/mol. The van der Waals surface area contributed by atoms with E-state index >= 15 is 0 Å². The molecule has 0 radical (unpaired) electrons. The van der Waals surface area contributed by atoms with Gasteiger partial charge in [-0.2, -0.15) is 0 Å². The third kappa shape index (κ3) is 2.55. The van der Waals surface area contributed by atoms with Crippen LogP contribution in [-0.4, -0.2) is 32.0 Å². The highest BCUT2D eigenvalue weighted by Gasteiger charge is 2.21. The van der Waals surface area contributed by atoms with Crippen molar-refractivity contribution >= 4 is 16.9 Å². The number of para-hydroxylation sites is 1. The summed E-state index contributed by atoms with van der Waals surface area (Å²) < 4.78 is 25.8. The number of nitrogen functional groups attached to an aromatic ring is 1. The molecular formula is C16H13FN6O2. The molecule has 25 heavy (non-hydrogen) atoms. The summed E-state index contributed by atoms with van der Waals surface area (Å²) in [6.45, 7) is 0.316. The van der Waals surface area contributed by atoms with Gasteiger partial charge in [-0.25, -0.2) is 19.0 Å². The topological polar surface area (TPSA) is 105 Å². The molecule has 1 aromatic carbocycles. The van der Waals surface area contributed by atoms with Crippen molar-refractivity contribution in [3.63, 3.8) is 0 Å². The molecule has 0 aliphatic rings. The minimum atomic E-state index is -0.396. The van der Waals surface area contributed by atoms with Crippen LogP contribution in [0.3, 0.4) is 0 Å². The third-order valence-electron chi connectivity index (χ3n) is 3.79. The third-order valence-corrected chi connectivity index (χ3v) is 3.79. The molecule has 8 nitrogen and oxygen atoms in total. The van der Waals surface area contributed by atoms with Gasteiger partial charge in [0.15, 0.2) is 17.3 Å². The lowest BCUT2D eigenvalue weighted by atomic mass is 10.2. The molecule has 0 spiro atoms. The van der Waals surface area contributed by atoms with Crippen LogP contribution in [-0.2, 0) is 6.54 Å². The highest BCUT2D eigenvalue weighted by molar-refractivity contribution is 5.82. The molecule has 0 bridgehead atoms. The molecule has 9 heteroatoms. The normalized spacial score (nSPS) is 11.1. The number of halogens is 1. The summed E-state index contributed by atoms with van der Waals surface area (Å²) in [4.78, 5) is 8.61. The fourth-order valence-electron chi connectivity index (χ4n) is 2.63. The number of pyridine rings is 1. The molecule has 3 heterocycles. The zero-order valence-electron chi connectivity index (χ0n) is 13.2. The molecule has 0 saturated heterocycles. The Morgan fingerprint density at radius 3 is 2.80 bits per heavy atom. The van der Waals surface area contributed by atoms with Gasteiger partial charge in [-0.3, -0.25) is 0 Å². The molecule has 4 aromatic rings. The number of fused-ring (bicyclic) bond motifs is 1. The zero-order chi connectivity index (χ0) is 17.4. The van der Waals surface area contributed by atoms with Gasteiger partial charge in [-0.05, 0) is 28.0 Å². The van der Waals surface area contributed by atoms with Gasteiger partial charge in [0.25, 0.3) is 0 Å². The summed E-state index contributed by atoms with van der Waals surface area (Å²) in [6.07, 6.45) is 1.65. The summed E-state index contributed by atoms with van der Waals surface area (Å²) in [5.41, 5.74) is 7.71. The Morgan fingerprint density at radius 2 is 2.12 bits per heavy atom.